The van der Waals surface area contributed by atoms with Crippen LogP contribution in [-0.2, 0) is 24.0 Å². The number of amides is 1. The summed E-state index contributed by atoms with van der Waals surface area (Å²) in [4.78, 5) is 12.6. The number of nitrogens with one attached hydrogen (secondary N) is 1. The molecule has 1 amide bonds. The van der Waals surface area contributed by atoms with Crippen LogP contribution in [0.3, 0.4) is 0 Å². The zero-order valence-corrected chi connectivity index (χ0v) is 18.5. The second-order valence-corrected chi connectivity index (χ2v) is 8.63. The summed E-state index contributed by atoms with van der Waals surface area (Å²) in [6, 6.07) is 14.4. The highest BCUT2D eigenvalue weighted by Crippen LogP contribution is 2.32. The molecule has 4 rings (SSSR count). The lowest BCUT2D eigenvalue weighted by Gasteiger charge is -2.14. The van der Waals surface area contributed by atoms with Crippen molar-refractivity contribution in [2.45, 2.75) is 43.4 Å². The van der Waals surface area contributed by atoms with Crippen LogP contribution in [0.5, 0.6) is 0 Å². The first kappa shape index (κ1) is 23.3. The van der Waals surface area contributed by atoms with E-state index in [1.54, 1.807) is 0 Å². The molecule has 33 heavy (non-hydrogen) atoms. The quantitative estimate of drug-likeness (QED) is 0.484. The van der Waals surface area contributed by atoms with Gasteiger partial charge in [0.1, 0.15) is 0 Å². The van der Waals surface area contributed by atoms with Crippen LogP contribution in [0.15, 0.2) is 59.8 Å². The van der Waals surface area contributed by atoms with Gasteiger partial charge in [-0.2, -0.15) is 13.2 Å². The molecule has 0 saturated carbocycles. The van der Waals surface area contributed by atoms with Gasteiger partial charge in [0, 0.05) is 12.4 Å². The summed E-state index contributed by atoms with van der Waals surface area (Å²) in [7, 11) is 0. The van der Waals surface area contributed by atoms with E-state index in [2.05, 4.69) is 15.5 Å². The zero-order chi connectivity index (χ0) is 23.3. The molecule has 1 aliphatic heterocycles. The van der Waals surface area contributed by atoms with Gasteiger partial charge in [0.15, 0.2) is 11.0 Å². The Hall–Kier alpha value is -2.85. The predicted molar refractivity (Wildman–Crippen MR) is 118 cm³/mol. The minimum atomic E-state index is -4.62. The van der Waals surface area contributed by atoms with Gasteiger partial charge in [-0.1, -0.05) is 54.2 Å². The van der Waals surface area contributed by atoms with Crippen molar-refractivity contribution in [2.24, 2.45) is 0 Å². The van der Waals surface area contributed by atoms with Gasteiger partial charge in [-0.15, -0.1) is 10.2 Å². The maximum absolute atomic E-state index is 13.3. The molecule has 1 unspecified atom stereocenters. The summed E-state index contributed by atoms with van der Waals surface area (Å²) in [5.41, 5.74) is -0.376. The SMILES string of the molecule is O=C(NCc1nnc(SCC2CCCO2)n1Cc1ccccc1)c1ccccc1C(F)(F)F. The number of carbonyl (C=O) groups excluding carboxylic acids is 1. The lowest BCUT2D eigenvalue weighted by molar-refractivity contribution is -0.137. The minimum absolute atomic E-state index is 0.0503. The van der Waals surface area contributed by atoms with Gasteiger partial charge in [-0.05, 0) is 30.5 Å². The van der Waals surface area contributed by atoms with Crippen molar-refractivity contribution in [1.29, 1.82) is 0 Å². The van der Waals surface area contributed by atoms with Crippen LogP contribution in [0.1, 0.15) is 40.2 Å². The number of benzene rings is 2. The Labute approximate surface area is 193 Å². The lowest BCUT2D eigenvalue weighted by Crippen LogP contribution is -2.27. The highest BCUT2D eigenvalue weighted by atomic mass is 32.2. The molecule has 1 atom stereocenters. The number of alkyl halides is 3. The maximum atomic E-state index is 13.3. The van der Waals surface area contributed by atoms with Crippen LogP contribution in [0.25, 0.3) is 0 Å². The topological polar surface area (TPSA) is 69.0 Å². The number of hydrogen-bond donors (Lipinski definition) is 1. The number of halogens is 3. The summed E-state index contributed by atoms with van der Waals surface area (Å²) < 4.78 is 47.4. The molecule has 10 heteroatoms. The Morgan fingerprint density at radius 3 is 2.61 bits per heavy atom. The number of rotatable bonds is 8. The molecular weight excluding hydrogens is 453 g/mol. The third kappa shape index (κ3) is 5.94. The Morgan fingerprint density at radius 2 is 1.88 bits per heavy atom. The molecule has 1 aliphatic rings. The van der Waals surface area contributed by atoms with Gasteiger partial charge in [-0.3, -0.25) is 4.79 Å². The zero-order valence-electron chi connectivity index (χ0n) is 17.7. The number of aromatic nitrogens is 3. The smallest absolute Gasteiger partial charge is 0.377 e. The fraction of sp³-hybridized carbons (Fsp3) is 0.348. The van der Waals surface area contributed by atoms with Crippen molar-refractivity contribution < 1.29 is 22.7 Å². The molecule has 0 aliphatic carbocycles. The summed E-state index contributed by atoms with van der Waals surface area (Å²) >= 11 is 1.52. The largest absolute Gasteiger partial charge is 0.417 e. The highest BCUT2D eigenvalue weighted by molar-refractivity contribution is 7.99. The van der Waals surface area contributed by atoms with Crippen molar-refractivity contribution in [3.8, 4) is 0 Å². The van der Waals surface area contributed by atoms with Crippen LogP contribution in [0.2, 0.25) is 0 Å². The molecule has 3 aromatic rings. The Morgan fingerprint density at radius 1 is 1.12 bits per heavy atom. The van der Waals surface area contributed by atoms with Crippen molar-refractivity contribution in [2.75, 3.05) is 12.4 Å². The van der Waals surface area contributed by atoms with Gasteiger partial charge < -0.3 is 14.6 Å². The van der Waals surface area contributed by atoms with E-state index in [-0.39, 0.29) is 12.6 Å². The second-order valence-electron chi connectivity index (χ2n) is 7.64. The molecule has 1 saturated heterocycles. The normalized spacial score (nSPS) is 16.2. The van der Waals surface area contributed by atoms with E-state index in [1.165, 1.54) is 23.9 Å². The number of carbonyl (C=O) groups is 1. The van der Waals surface area contributed by atoms with Crippen molar-refractivity contribution in [1.82, 2.24) is 20.1 Å². The number of ether oxygens (including phenoxy) is 1. The molecule has 1 aromatic heterocycles. The summed E-state index contributed by atoms with van der Waals surface area (Å²) in [6.07, 6.45) is -2.41. The molecule has 1 fully saturated rings. The lowest BCUT2D eigenvalue weighted by atomic mass is 10.1. The number of nitrogens with zero attached hydrogens (tertiary/aromatic N) is 3. The van der Waals surface area contributed by atoms with Gasteiger partial charge in [0.25, 0.3) is 5.91 Å². The van der Waals surface area contributed by atoms with Crippen LogP contribution < -0.4 is 5.32 Å². The third-order valence-electron chi connectivity index (χ3n) is 5.28. The average molecular weight is 477 g/mol. The summed E-state index contributed by atoms with van der Waals surface area (Å²) in [6.45, 7) is 1.19. The third-order valence-corrected chi connectivity index (χ3v) is 6.38. The standard InChI is InChI=1S/C23H23F3N4O2S/c24-23(25,26)19-11-5-4-10-18(19)21(31)27-13-20-28-29-22(33-15-17-9-6-12-32-17)30(20)14-16-7-2-1-3-8-16/h1-5,7-8,10-11,17H,6,9,12-15H2,(H,27,31). The molecule has 6 nitrogen and oxygen atoms in total. The Balaban J connectivity index is 1.51. The molecular formula is C23H23F3N4O2S. The second kappa shape index (κ2) is 10.4. The highest BCUT2D eigenvalue weighted by Gasteiger charge is 2.34. The fourth-order valence-electron chi connectivity index (χ4n) is 3.61. The molecule has 1 N–H and O–H groups in total. The van der Waals surface area contributed by atoms with E-state index in [4.69, 9.17) is 4.74 Å². The van der Waals surface area contributed by atoms with Crippen molar-refractivity contribution >= 4 is 17.7 Å². The Kier molecular flexibility index (Phi) is 7.34. The van der Waals surface area contributed by atoms with Crippen LogP contribution in [0.4, 0.5) is 13.2 Å². The number of hydrogen-bond acceptors (Lipinski definition) is 5. The molecule has 174 valence electrons. The van der Waals surface area contributed by atoms with E-state index in [1.807, 2.05) is 34.9 Å². The minimum Gasteiger partial charge on any atom is -0.377 e. The van der Waals surface area contributed by atoms with Crippen LogP contribution in [0, 0.1) is 0 Å². The molecule has 0 spiro atoms. The summed E-state index contributed by atoms with van der Waals surface area (Å²) in [5, 5.41) is 11.7. The maximum Gasteiger partial charge on any atom is 0.417 e. The fourth-order valence-corrected chi connectivity index (χ4v) is 4.63. The van der Waals surface area contributed by atoms with Crippen molar-refractivity contribution in [3.63, 3.8) is 0 Å². The van der Waals surface area contributed by atoms with Crippen LogP contribution >= 0.6 is 11.8 Å². The monoisotopic (exact) mass is 476 g/mol. The first-order valence-electron chi connectivity index (χ1n) is 10.6. The van der Waals surface area contributed by atoms with E-state index in [0.29, 0.717) is 17.5 Å². The predicted octanol–water partition coefficient (Wildman–Crippen LogP) is 4.55. The average Bonchev–Trinajstić information content (AvgIpc) is 3.46. The first-order chi connectivity index (χ1) is 15.9. The first-order valence-corrected chi connectivity index (χ1v) is 11.5. The van der Waals surface area contributed by atoms with E-state index in [9.17, 15) is 18.0 Å². The molecule has 2 aromatic carbocycles. The van der Waals surface area contributed by atoms with E-state index >= 15 is 0 Å². The van der Waals surface area contributed by atoms with E-state index in [0.717, 1.165) is 42.9 Å². The van der Waals surface area contributed by atoms with Gasteiger partial charge in [-0.25, -0.2) is 0 Å². The van der Waals surface area contributed by atoms with Crippen LogP contribution in [-0.4, -0.2) is 39.1 Å². The molecule has 2 heterocycles. The summed E-state index contributed by atoms with van der Waals surface area (Å²) in [5.74, 6) is 0.385. The van der Waals surface area contributed by atoms with Crippen molar-refractivity contribution in [3.05, 3.63) is 77.1 Å². The molecule has 0 radical (unpaired) electrons. The van der Waals surface area contributed by atoms with Gasteiger partial charge in [0.05, 0.1) is 30.3 Å². The van der Waals surface area contributed by atoms with E-state index < -0.39 is 23.2 Å². The molecule has 0 bridgehead atoms. The van der Waals surface area contributed by atoms with Gasteiger partial charge in [0.2, 0.25) is 0 Å². The van der Waals surface area contributed by atoms with Gasteiger partial charge >= 0.3 is 6.18 Å². The number of thioether (sulfide) groups is 1. The Bertz CT molecular complexity index is 1080.